The first-order chi connectivity index (χ1) is 16.9. The fourth-order valence-corrected chi connectivity index (χ4v) is 7.15. The molecule has 200 valence electrons. The highest BCUT2D eigenvalue weighted by atomic mass is 32.2. The van der Waals surface area contributed by atoms with Crippen LogP contribution in [0.2, 0.25) is 18.1 Å². The van der Waals surface area contributed by atoms with Gasteiger partial charge in [-0.3, -0.25) is 4.90 Å². The van der Waals surface area contributed by atoms with Crippen molar-refractivity contribution in [2.75, 3.05) is 45.9 Å². The predicted octanol–water partition coefficient (Wildman–Crippen LogP) is 4.67. The maximum Gasteiger partial charge on any atom is 0.220 e. The van der Waals surface area contributed by atoms with Crippen LogP contribution in [0.15, 0.2) is 46.0 Å². The SMILES string of the molecule is CC1CCCN1CCN1CCN(CCCO[Si](C)(C)C(C)(C)C)C1=C(C#N)S(=O)(=O)c1ccccc1. The zero-order chi connectivity index (χ0) is 26.6. The third kappa shape index (κ3) is 6.52. The van der Waals surface area contributed by atoms with Gasteiger partial charge in [0.15, 0.2) is 13.2 Å². The molecule has 0 spiro atoms. The summed E-state index contributed by atoms with van der Waals surface area (Å²) in [5.41, 5.74) is 0. The first kappa shape index (κ1) is 28.7. The van der Waals surface area contributed by atoms with Crippen LogP contribution in [0.1, 0.15) is 47.0 Å². The van der Waals surface area contributed by atoms with Crippen LogP contribution in [0.3, 0.4) is 0 Å². The number of nitrogens with zero attached hydrogens (tertiary/aromatic N) is 4. The molecular formula is C27H44N4O3SSi. The van der Waals surface area contributed by atoms with Gasteiger partial charge in [-0.2, -0.15) is 5.26 Å². The van der Waals surface area contributed by atoms with Crippen LogP contribution in [0.4, 0.5) is 0 Å². The Morgan fingerprint density at radius 3 is 2.28 bits per heavy atom. The topological polar surface area (TPSA) is 76.9 Å². The van der Waals surface area contributed by atoms with Crippen molar-refractivity contribution in [2.45, 2.75) is 76.0 Å². The quantitative estimate of drug-likeness (QED) is 0.246. The summed E-state index contributed by atoms with van der Waals surface area (Å²) in [5, 5.41) is 10.3. The number of benzene rings is 1. The summed E-state index contributed by atoms with van der Waals surface area (Å²) >= 11 is 0. The van der Waals surface area contributed by atoms with E-state index >= 15 is 0 Å². The summed E-state index contributed by atoms with van der Waals surface area (Å²) in [6, 6.07) is 10.9. The predicted molar refractivity (Wildman–Crippen MR) is 147 cm³/mol. The second-order valence-electron chi connectivity index (χ2n) is 11.5. The van der Waals surface area contributed by atoms with Crippen molar-refractivity contribution in [3.63, 3.8) is 0 Å². The van der Waals surface area contributed by atoms with Crippen molar-refractivity contribution in [3.05, 3.63) is 41.1 Å². The van der Waals surface area contributed by atoms with Crippen LogP contribution in [0.5, 0.6) is 0 Å². The van der Waals surface area contributed by atoms with E-state index in [4.69, 9.17) is 4.43 Å². The lowest BCUT2D eigenvalue weighted by Crippen LogP contribution is -2.41. The van der Waals surface area contributed by atoms with Gasteiger partial charge in [0.25, 0.3) is 0 Å². The lowest BCUT2D eigenvalue weighted by Gasteiger charge is -2.36. The van der Waals surface area contributed by atoms with Crippen molar-refractivity contribution in [2.24, 2.45) is 0 Å². The van der Waals surface area contributed by atoms with E-state index in [0.29, 0.717) is 38.1 Å². The van der Waals surface area contributed by atoms with E-state index in [1.165, 1.54) is 12.8 Å². The molecular weight excluding hydrogens is 488 g/mol. The molecule has 0 saturated carbocycles. The second-order valence-corrected chi connectivity index (χ2v) is 18.2. The molecule has 0 radical (unpaired) electrons. The Labute approximate surface area is 219 Å². The van der Waals surface area contributed by atoms with Gasteiger partial charge in [-0.15, -0.1) is 0 Å². The molecule has 0 N–H and O–H groups in total. The zero-order valence-corrected chi connectivity index (χ0v) is 24.8. The van der Waals surface area contributed by atoms with E-state index in [-0.39, 0.29) is 14.8 Å². The number of rotatable bonds is 10. The largest absolute Gasteiger partial charge is 0.417 e. The number of nitriles is 1. The van der Waals surface area contributed by atoms with E-state index < -0.39 is 18.2 Å². The average Bonchev–Trinajstić information content (AvgIpc) is 3.41. The second kappa shape index (κ2) is 11.7. The van der Waals surface area contributed by atoms with Crippen molar-refractivity contribution < 1.29 is 12.8 Å². The number of allylic oxidation sites excluding steroid dienone is 1. The van der Waals surface area contributed by atoms with Gasteiger partial charge in [-0.05, 0) is 63.0 Å². The van der Waals surface area contributed by atoms with Gasteiger partial charge in [0.2, 0.25) is 9.84 Å². The molecule has 9 heteroatoms. The van der Waals surface area contributed by atoms with Crippen LogP contribution >= 0.6 is 0 Å². The number of likely N-dealkylation sites (tertiary alicyclic amines) is 1. The molecule has 0 bridgehead atoms. The molecule has 0 amide bonds. The molecule has 0 aromatic heterocycles. The number of hydrogen-bond acceptors (Lipinski definition) is 7. The molecule has 3 rings (SSSR count). The Kier molecular flexibility index (Phi) is 9.31. The third-order valence-corrected chi connectivity index (χ3v) is 14.3. The molecule has 36 heavy (non-hydrogen) atoms. The van der Waals surface area contributed by atoms with Crippen molar-refractivity contribution >= 4 is 18.2 Å². The maximum absolute atomic E-state index is 13.6. The minimum atomic E-state index is -3.92. The molecule has 2 heterocycles. The lowest BCUT2D eigenvalue weighted by molar-refractivity contribution is 0.224. The van der Waals surface area contributed by atoms with E-state index in [1.54, 1.807) is 30.3 Å². The van der Waals surface area contributed by atoms with E-state index in [2.05, 4.69) is 61.6 Å². The fraction of sp³-hybridized carbons (Fsp3) is 0.667. The summed E-state index contributed by atoms with van der Waals surface area (Å²) in [7, 11) is -5.77. The molecule has 2 fully saturated rings. The Morgan fingerprint density at radius 1 is 1.08 bits per heavy atom. The smallest absolute Gasteiger partial charge is 0.220 e. The van der Waals surface area contributed by atoms with Gasteiger partial charge in [-0.25, -0.2) is 8.42 Å². The van der Waals surface area contributed by atoms with Gasteiger partial charge >= 0.3 is 0 Å². The van der Waals surface area contributed by atoms with Gasteiger partial charge in [0.1, 0.15) is 11.9 Å². The molecule has 2 saturated heterocycles. The summed E-state index contributed by atoms with van der Waals surface area (Å²) < 4.78 is 33.5. The molecule has 0 aliphatic carbocycles. The molecule has 1 atom stereocenters. The highest BCUT2D eigenvalue weighted by Crippen LogP contribution is 2.36. The van der Waals surface area contributed by atoms with Crippen LogP contribution in [0, 0.1) is 11.3 Å². The molecule has 2 aliphatic heterocycles. The van der Waals surface area contributed by atoms with Crippen LogP contribution < -0.4 is 0 Å². The highest BCUT2D eigenvalue weighted by molar-refractivity contribution is 7.95. The van der Waals surface area contributed by atoms with Gasteiger partial charge in [-0.1, -0.05) is 39.0 Å². The van der Waals surface area contributed by atoms with Crippen LogP contribution in [-0.2, 0) is 14.3 Å². The third-order valence-electron chi connectivity index (χ3n) is 8.05. The zero-order valence-electron chi connectivity index (χ0n) is 23.0. The first-order valence-corrected chi connectivity index (χ1v) is 17.6. The minimum absolute atomic E-state index is 0.146. The van der Waals surface area contributed by atoms with Gasteiger partial charge in [0, 0.05) is 45.4 Å². The number of hydrogen-bond donors (Lipinski definition) is 0. The molecule has 7 nitrogen and oxygen atoms in total. The molecule has 1 unspecified atom stereocenters. The van der Waals surface area contributed by atoms with Crippen LogP contribution in [-0.4, -0.2) is 83.4 Å². The average molecular weight is 533 g/mol. The van der Waals surface area contributed by atoms with E-state index in [9.17, 15) is 13.7 Å². The molecule has 2 aliphatic rings. The van der Waals surface area contributed by atoms with Gasteiger partial charge in [0.05, 0.1) is 4.90 Å². The summed E-state index contributed by atoms with van der Waals surface area (Å²) in [5.74, 6) is 0.556. The lowest BCUT2D eigenvalue weighted by atomic mass is 10.2. The summed E-state index contributed by atoms with van der Waals surface area (Å²) in [6.45, 7) is 18.8. The summed E-state index contributed by atoms with van der Waals surface area (Å²) in [4.78, 5) is 6.67. The Balaban J connectivity index is 1.83. The Hall–Kier alpha value is -1.86. The Morgan fingerprint density at radius 2 is 1.72 bits per heavy atom. The monoisotopic (exact) mass is 532 g/mol. The molecule has 1 aromatic rings. The normalized spacial score (nSPS) is 21.2. The Bertz CT molecular complexity index is 1060. The summed E-state index contributed by atoms with van der Waals surface area (Å²) in [6.07, 6.45) is 3.20. The van der Waals surface area contributed by atoms with Crippen molar-refractivity contribution in [1.29, 1.82) is 5.26 Å². The minimum Gasteiger partial charge on any atom is -0.417 e. The van der Waals surface area contributed by atoms with Gasteiger partial charge < -0.3 is 14.2 Å². The molecule has 1 aromatic carbocycles. The highest BCUT2D eigenvalue weighted by Gasteiger charge is 2.38. The number of sulfone groups is 1. The first-order valence-electron chi connectivity index (χ1n) is 13.2. The van der Waals surface area contributed by atoms with E-state index in [0.717, 1.165) is 26.1 Å². The van der Waals surface area contributed by atoms with Crippen molar-refractivity contribution in [3.8, 4) is 6.07 Å². The fourth-order valence-electron chi connectivity index (χ4n) is 4.70. The van der Waals surface area contributed by atoms with Crippen LogP contribution in [0.25, 0.3) is 0 Å². The standard InChI is InChI=1S/C27H44N4O3SSi/c1-23-12-10-15-29(23)17-18-31-20-19-30(16-11-21-34-36(5,6)27(2,3)4)26(31)25(22-28)35(32,33)24-13-8-7-9-14-24/h7-9,13-14,23H,10-12,15-21H2,1-6H3. The van der Waals surface area contributed by atoms with E-state index in [1.807, 2.05) is 0 Å². The maximum atomic E-state index is 13.6. The van der Waals surface area contributed by atoms with Crippen molar-refractivity contribution in [1.82, 2.24) is 14.7 Å².